The molecule has 0 spiro atoms. The molecule has 1 aliphatic heterocycles. The quantitative estimate of drug-likeness (QED) is 0.723. The van der Waals surface area contributed by atoms with Gasteiger partial charge in [-0.05, 0) is 42.3 Å². The van der Waals surface area contributed by atoms with Crippen LogP contribution in [0.1, 0.15) is 18.1 Å². The van der Waals surface area contributed by atoms with Gasteiger partial charge in [0.25, 0.3) is 0 Å². The Hall–Kier alpha value is -3.29. The van der Waals surface area contributed by atoms with Crippen molar-refractivity contribution in [3.05, 3.63) is 41.5 Å². The number of methoxy groups -OCH3 is 2. The number of carbonyl (C=O) groups excluding carboxylic acids is 1. The maximum Gasteiger partial charge on any atom is 0.315 e. The molecule has 0 bridgehead atoms. The number of nitrogens with one attached hydrogen (secondary N) is 2. The number of hydrogen-bond acceptors (Lipinski definition) is 6. The fourth-order valence-electron chi connectivity index (χ4n) is 2.80. The van der Waals surface area contributed by atoms with Crippen LogP contribution >= 0.6 is 0 Å². The van der Waals surface area contributed by atoms with Crippen molar-refractivity contribution in [2.75, 3.05) is 27.6 Å². The highest BCUT2D eigenvalue weighted by molar-refractivity contribution is 5.74. The minimum atomic E-state index is -0.288. The van der Waals surface area contributed by atoms with E-state index >= 15 is 0 Å². The Morgan fingerprint density at radius 2 is 1.61 bits per heavy atom. The molecule has 2 aromatic carbocycles. The first-order valence-corrected chi connectivity index (χ1v) is 8.92. The summed E-state index contributed by atoms with van der Waals surface area (Å²) in [5, 5.41) is 5.63. The summed E-state index contributed by atoms with van der Waals surface area (Å²) in [6.45, 7) is 3.29. The summed E-state index contributed by atoms with van der Waals surface area (Å²) < 4.78 is 26.9. The first-order chi connectivity index (χ1) is 13.6. The Morgan fingerprint density at radius 1 is 0.964 bits per heavy atom. The van der Waals surface area contributed by atoms with Gasteiger partial charge in [-0.25, -0.2) is 4.79 Å². The van der Waals surface area contributed by atoms with Crippen LogP contribution in [0.2, 0.25) is 0 Å². The second kappa shape index (κ2) is 9.07. The van der Waals surface area contributed by atoms with Gasteiger partial charge in [-0.15, -0.1) is 0 Å². The van der Waals surface area contributed by atoms with E-state index in [0.717, 1.165) is 11.1 Å². The SMILES string of the molecule is CCOc1c(OC)cc(CNC(=O)NCc2ccc3c(c2)OCO3)cc1OC. The smallest absolute Gasteiger partial charge is 0.315 e. The third kappa shape index (κ3) is 4.51. The number of benzene rings is 2. The number of amides is 2. The zero-order chi connectivity index (χ0) is 19.9. The number of rotatable bonds is 8. The van der Waals surface area contributed by atoms with Crippen molar-refractivity contribution in [3.8, 4) is 28.7 Å². The molecule has 1 aliphatic rings. The normalized spacial score (nSPS) is 11.7. The highest BCUT2D eigenvalue weighted by Gasteiger charge is 2.15. The van der Waals surface area contributed by atoms with E-state index in [4.69, 9.17) is 23.7 Å². The topological polar surface area (TPSA) is 87.3 Å². The molecule has 2 amide bonds. The summed E-state index contributed by atoms with van der Waals surface area (Å²) in [5.74, 6) is 3.06. The number of hydrogen-bond donors (Lipinski definition) is 2. The van der Waals surface area contributed by atoms with Crippen LogP contribution in [-0.4, -0.2) is 33.7 Å². The molecule has 0 aromatic heterocycles. The van der Waals surface area contributed by atoms with E-state index in [9.17, 15) is 4.79 Å². The minimum Gasteiger partial charge on any atom is -0.493 e. The molecule has 8 nitrogen and oxygen atoms in total. The number of carbonyl (C=O) groups is 1. The Balaban J connectivity index is 1.56. The van der Waals surface area contributed by atoms with Crippen molar-refractivity contribution >= 4 is 6.03 Å². The highest BCUT2D eigenvalue weighted by atomic mass is 16.7. The number of fused-ring (bicyclic) bond motifs is 1. The molecule has 3 rings (SSSR count). The molecular formula is C20H24N2O6. The van der Waals surface area contributed by atoms with Crippen LogP contribution in [0, 0.1) is 0 Å². The average Bonchev–Trinajstić information content (AvgIpc) is 3.19. The van der Waals surface area contributed by atoms with Crippen molar-refractivity contribution in [1.82, 2.24) is 10.6 Å². The van der Waals surface area contributed by atoms with E-state index in [1.165, 1.54) is 0 Å². The monoisotopic (exact) mass is 388 g/mol. The van der Waals surface area contributed by atoms with E-state index in [0.29, 0.717) is 48.4 Å². The van der Waals surface area contributed by atoms with Gasteiger partial charge in [0, 0.05) is 13.1 Å². The molecular weight excluding hydrogens is 364 g/mol. The zero-order valence-electron chi connectivity index (χ0n) is 16.2. The molecule has 0 unspecified atom stereocenters. The van der Waals surface area contributed by atoms with Gasteiger partial charge < -0.3 is 34.3 Å². The van der Waals surface area contributed by atoms with Crippen molar-refractivity contribution in [2.45, 2.75) is 20.0 Å². The summed E-state index contributed by atoms with van der Waals surface area (Å²) in [4.78, 5) is 12.1. The van der Waals surface area contributed by atoms with Crippen molar-refractivity contribution < 1.29 is 28.5 Å². The van der Waals surface area contributed by atoms with Gasteiger partial charge in [-0.1, -0.05) is 6.07 Å². The molecule has 2 aromatic rings. The van der Waals surface area contributed by atoms with E-state index in [-0.39, 0.29) is 12.8 Å². The van der Waals surface area contributed by atoms with E-state index in [1.54, 1.807) is 14.2 Å². The average molecular weight is 388 g/mol. The second-order valence-corrected chi connectivity index (χ2v) is 5.99. The summed E-state index contributed by atoms with van der Waals surface area (Å²) in [7, 11) is 3.12. The predicted molar refractivity (Wildman–Crippen MR) is 102 cm³/mol. The lowest BCUT2D eigenvalue weighted by Gasteiger charge is -2.15. The molecule has 0 radical (unpaired) electrons. The Bertz CT molecular complexity index is 814. The molecule has 8 heteroatoms. The number of urea groups is 1. The fraction of sp³-hybridized carbons (Fsp3) is 0.350. The van der Waals surface area contributed by atoms with Crippen molar-refractivity contribution in [1.29, 1.82) is 0 Å². The minimum absolute atomic E-state index is 0.224. The molecule has 150 valence electrons. The van der Waals surface area contributed by atoms with Crippen molar-refractivity contribution in [3.63, 3.8) is 0 Å². The summed E-state index contributed by atoms with van der Waals surface area (Å²) in [6, 6.07) is 8.90. The Labute approximate surface area is 163 Å². The Kier molecular flexibility index (Phi) is 6.31. The van der Waals surface area contributed by atoms with Crippen molar-refractivity contribution in [2.24, 2.45) is 0 Å². The van der Waals surface area contributed by atoms with E-state index in [2.05, 4.69) is 10.6 Å². The third-order valence-corrected chi connectivity index (χ3v) is 4.15. The van der Waals surface area contributed by atoms with Gasteiger partial charge in [-0.3, -0.25) is 0 Å². The molecule has 28 heavy (non-hydrogen) atoms. The van der Waals surface area contributed by atoms with Crippen LogP contribution in [0.3, 0.4) is 0 Å². The maximum atomic E-state index is 12.1. The highest BCUT2D eigenvalue weighted by Crippen LogP contribution is 2.38. The van der Waals surface area contributed by atoms with Gasteiger partial charge in [-0.2, -0.15) is 0 Å². The van der Waals surface area contributed by atoms with Gasteiger partial charge >= 0.3 is 6.03 Å². The van der Waals surface area contributed by atoms with Crippen LogP contribution < -0.4 is 34.3 Å². The summed E-state index contributed by atoms with van der Waals surface area (Å²) in [5.41, 5.74) is 1.75. The summed E-state index contributed by atoms with van der Waals surface area (Å²) >= 11 is 0. The molecule has 0 aliphatic carbocycles. The van der Waals surface area contributed by atoms with E-state index in [1.807, 2.05) is 37.3 Å². The van der Waals surface area contributed by atoms with Crippen LogP contribution in [-0.2, 0) is 13.1 Å². The predicted octanol–water partition coefficient (Wildman–Crippen LogP) is 2.83. The molecule has 0 saturated heterocycles. The Morgan fingerprint density at radius 3 is 2.25 bits per heavy atom. The van der Waals surface area contributed by atoms with E-state index < -0.39 is 0 Å². The van der Waals surface area contributed by atoms with Crippen LogP contribution in [0.4, 0.5) is 4.79 Å². The summed E-state index contributed by atoms with van der Waals surface area (Å²) in [6.07, 6.45) is 0. The fourth-order valence-corrected chi connectivity index (χ4v) is 2.80. The standard InChI is InChI=1S/C20H24N2O6/c1-4-26-19-17(24-2)8-14(9-18(19)25-3)11-22-20(23)21-10-13-5-6-15-16(7-13)28-12-27-15/h5-9H,4,10-12H2,1-3H3,(H2,21,22,23). The molecule has 0 saturated carbocycles. The van der Waals surface area contributed by atoms with Crippen LogP contribution in [0.25, 0.3) is 0 Å². The van der Waals surface area contributed by atoms with Gasteiger partial charge in [0.05, 0.1) is 20.8 Å². The van der Waals surface area contributed by atoms with Crippen LogP contribution in [0.15, 0.2) is 30.3 Å². The third-order valence-electron chi connectivity index (χ3n) is 4.15. The first-order valence-electron chi connectivity index (χ1n) is 8.92. The largest absolute Gasteiger partial charge is 0.493 e. The van der Waals surface area contributed by atoms with Gasteiger partial charge in [0.1, 0.15) is 0 Å². The molecule has 2 N–H and O–H groups in total. The number of ether oxygens (including phenoxy) is 5. The lowest BCUT2D eigenvalue weighted by atomic mass is 10.1. The molecule has 0 atom stereocenters. The lowest BCUT2D eigenvalue weighted by Crippen LogP contribution is -2.34. The van der Waals surface area contributed by atoms with Gasteiger partial charge in [0.2, 0.25) is 12.5 Å². The first kappa shape index (κ1) is 19.5. The molecule has 0 fully saturated rings. The van der Waals surface area contributed by atoms with Gasteiger partial charge in [0.15, 0.2) is 23.0 Å². The van der Waals surface area contributed by atoms with Crippen LogP contribution in [0.5, 0.6) is 28.7 Å². The second-order valence-electron chi connectivity index (χ2n) is 5.99. The molecule has 1 heterocycles. The zero-order valence-corrected chi connectivity index (χ0v) is 16.2. The lowest BCUT2D eigenvalue weighted by molar-refractivity contribution is 0.174. The maximum absolute atomic E-state index is 12.1.